The second-order valence-electron chi connectivity index (χ2n) is 5.45. The molecule has 1 N–H and O–H groups in total. The van der Waals surface area contributed by atoms with Crippen LogP contribution in [0.5, 0.6) is 0 Å². The van der Waals surface area contributed by atoms with Crippen molar-refractivity contribution in [1.29, 1.82) is 0 Å². The van der Waals surface area contributed by atoms with Crippen LogP contribution >= 0.6 is 0 Å². The van der Waals surface area contributed by atoms with E-state index in [1.165, 1.54) is 6.07 Å². The Hall–Kier alpha value is -1.86. The van der Waals surface area contributed by atoms with Crippen LogP contribution in [0.3, 0.4) is 0 Å². The Morgan fingerprint density at radius 3 is 1.72 bits per heavy atom. The molecule has 0 aromatic heterocycles. The minimum Gasteiger partial charge on any atom is -0.741 e. The van der Waals surface area contributed by atoms with E-state index in [0.717, 1.165) is 12.1 Å². The van der Waals surface area contributed by atoms with Gasteiger partial charge in [0, 0.05) is 6.07 Å². The number of alkyl halides is 6. The maximum Gasteiger partial charge on any atom is 0.485 e. The summed E-state index contributed by atoms with van der Waals surface area (Å²) in [5, 5.41) is 8.81. The van der Waals surface area contributed by atoms with Crippen LogP contribution in [0.2, 0.25) is 0 Å². The van der Waals surface area contributed by atoms with Crippen molar-refractivity contribution in [2.45, 2.75) is 11.7 Å². The highest BCUT2D eigenvalue weighted by Gasteiger charge is 2.37. The van der Waals surface area contributed by atoms with Gasteiger partial charge in [-0.05, 0) is 12.1 Å². The number of hydrogen-bond donors (Lipinski definition) is 1. The van der Waals surface area contributed by atoms with Crippen LogP contribution in [0.1, 0.15) is 15.9 Å². The van der Waals surface area contributed by atoms with Gasteiger partial charge in [-0.3, -0.25) is 4.48 Å². The molecule has 0 saturated heterocycles. The monoisotopic (exact) mass is 397 g/mol. The number of benzene rings is 1. The number of aromatic carboxylic acids is 1. The van der Waals surface area contributed by atoms with Crippen molar-refractivity contribution in [3.8, 4) is 0 Å². The van der Waals surface area contributed by atoms with Gasteiger partial charge in [0.1, 0.15) is 5.69 Å². The van der Waals surface area contributed by atoms with E-state index >= 15 is 0 Å². The average Bonchev–Trinajstić information content (AvgIpc) is 2.34. The van der Waals surface area contributed by atoms with Crippen LogP contribution in [0.4, 0.5) is 32.0 Å². The Morgan fingerprint density at radius 2 is 1.48 bits per heavy atom. The van der Waals surface area contributed by atoms with Crippen LogP contribution in [0.25, 0.3) is 0 Å². The summed E-state index contributed by atoms with van der Waals surface area (Å²) in [7, 11) is -0.857. The standard InChI is InChI=1S/C11H12F3NO2.CHF3O3S/c1-15(2,3)7-4-5-9(11(12,13)14)8(6-7)10(16)17;2-1(3,4)8(5,6)7/h4-6H,1-3H3;(H,5,6,7). The molecule has 0 aliphatic heterocycles. The van der Waals surface area contributed by atoms with Crippen LogP contribution in [0, 0.1) is 0 Å². The van der Waals surface area contributed by atoms with Gasteiger partial charge in [0.15, 0.2) is 10.1 Å². The Kier molecular flexibility index (Phi) is 6.64. The lowest BCUT2D eigenvalue weighted by Crippen LogP contribution is -2.35. The quantitative estimate of drug-likeness (QED) is 0.358. The summed E-state index contributed by atoms with van der Waals surface area (Å²) in [6.45, 7) is 0. The summed E-state index contributed by atoms with van der Waals surface area (Å²) in [6.07, 6.45) is -4.66. The predicted molar refractivity (Wildman–Crippen MR) is 73.7 cm³/mol. The zero-order chi connectivity index (χ0) is 20.4. The second kappa shape index (κ2) is 7.17. The third kappa shape index (κ3) is 6.88. The Morgan fingerprint density at radius 1 is 1.08 bits per heavy atom. The molecule has 25 heavy (non-hydrogen) atoms. The molecule has 0 bridgehead atoms. The van der Waals surface area contributed by atoms with E-state index in [-0.39, 0.29) is 4.48 Å². The SMILES string of the molecule is C[N+](C)(C)c1ccc(C(F)(F)F)c(C(=O)O)c1.O=S(=O)([O-])C(F)(F)F. The van der Waals surface area contributed by atoms with Gasteiger partial charge in [-0.2, -0.15) is 26.3 Å². The molecule has 0 spiro atoms. The van der Waals surface area contributed by atoms with Gasteiger partial charge >= 0.3 is 17.7 Å². The Labute approximate surface area is 138 Å². The number of quaternary nitrogens is 1. The van der Waals surface area contributed by atoms with Crippen molar-refractivity contribution in [1.82, 2.24) is 4.48 Å². The summed E-state index contributed by atoms with van der Waals surface area (Å²) in [4.78, 5) is 10.8. The zero-order valence-corrected chi connectivity index (χ0v) is 13.8. The number of carboxylic acids is 1. The molecule has 0 unspecified atom stereocenters. The number of hydrogen-bond acceptors (Lipinski definition) is 4. The molecule has 1 aromatic rings. The first kappa shape index (κ1) is 23.1. The summed E-state index contributed by atoms with van der Waals surface area (Å²) >= 11 is 0. The van der Waals surface area contributed by atoms with Crippen LogP contribution in [-0.2, 0) is 16.3 Å². The first-order valence-corrected chi connectivity index (χ1v) is 7.48. The fraction of sp³-hybridized carbons (Fsp3) is 0.417. The van der Waals surface area contributed by atoms with Crippen LogP contribution in [0.15, 0.2) is 18.2 Å². The van der Waals surface area contributed by atoms with Gasteiger partial charge in [0.2, 0.25) is 0 Å². The van der Waals surface area contributed by atoms with Gasteiger partial charge in [-0.15, -0.1) is 0 Å². The van der Waals surface area contributed by atoms with Crippen molar-refractivity contribution in [2.75, 3.05) is 21.1 Å². The highest BCUT2D eigenvalue weighted by Crippen LogP contribution is 2.34. The zero-order valence-electron chi connectivity index (χ0n) is 12.9. The molecule has 0 aliphatic rings. The number of nitrogens with zero attached hydrogens (tertiary/aromatic N) is 1. The first-order chi connectivity index (χ1) is 10.8. The van der Waals surface area contributed by atoms with E-state index in [0.29, 0.717) is 5.69 Å². The van der Waals surface area contributed by atoms with E-state index in [9.17, 15) is 31.1 Å². The second-order valence-corrected chi connectivity index (χ2v) is 6.82. The molecule has 0 heterocycles. The molecule has 1 rings (SSSR count). The summed E-state index contributed by atoms with van der Waals surface area (Å²) in [5.74, 6) is -1.58. The lowest BCUT2D eigenvalue weighted by atomic mass is 10.1. The lowest BCUT2D eigenvalue weighted by Gasteiger charge is -2.24. The van der Waals surface area contributed by atoms with Crippen molar-refractivity contribution in [2.24, 2.45) is 0 Å². The van der Waals surface area contributed by atoms with Crippen molar-refractivity contribution >= 4 is 21.8 Å². The minimum atomic E-state index is -6.09. The van der Waals surface area contributed by atoms with Gasteiger partial charge in [-0.25, -0.2) is 13.2 Å². The van der Waals surface area contributed by atoms with E-state index in [1.54, 1.807) is 21.1 Å². The van der Waals surface area contributed by atoms with E-state index in [1.807, 2.05) is 0 Å². The molecular formula is C12H13F6NO5S. The van der Waals surface area contributed by atoms with E-state index < -0.39 is 38.9 Å². The topological polar surface area (TPSA) is 94.5 Å². The van der Waals surface area contributed by atoms with Crippen molar-refractivity contribution in [3.05, 3.63) is 29.3 Å². The fourth-order valence-electron chi connectivity index (χ4n) is 1.37. The van der Waals surface area contributed by atoms with Crippen molar-refractivity contribution < 1.29 is 49.2 Å². The minimum absolute atomic E-state index is 0.248. The summed E-state index contributed by atoms with van der Waals surface area (Å²) < 4.78 is 96.9. The average molecular weight is 397 g/mol. The Balaban J connectivity index is 0.000000609. The van der Waals surface area contributed by atoms with Crippen molar-refractivity contribution in [3.63, 3.8) is 0 Å². The first-order valence-electron chi connectivity index (χ1n) is 6.07. The number of carbonyl (C=O) groups is 1. The molecule has 0 amide bonds. The summed E-state index contributed by atoms with van der Waals surface area (Å²) in [6, 6.07) is 3.16. The van der Waals surface area contributed by atoms with Gasteiger partial charge in [0.25, 0.3) is 0 Å². The molecule has 6 nitrogen and oxygen atoms in total. The molecule has 0 atom stereocenters. The fourth-order valence-corrected chi connectivity index (χ4v) is 1.37. The molecule has 144 valence electrons. The molecule has 0 radical (unpaired) electrons. The number of halogens is 6. The maximum atomic E-state index is 12.6. The van der Waals surface area contributed by atoms with E-state index in [2.05, 4.69) is 0 Å². The molecular weight excluding hydrogens is 384 g/mol. The molecule has 1 aromatic carbocycles. The van der Waals surface area contributed by atoms with E-state index in [4.69, 9.17) is 18.1 Å². The number of carboxylic acid groups (broad SMARTS) is 1. The molecule has 0 saturated carbocycles. The van der Waals surface area contributed by atoms with Gasteiger partial charge in [-0.1, -0.05) is 0 Å². The highest BCUT2D eigenvalue weighted by atomic mass is 32.2. The predicted octanol–water partition coefficient (Wildman–Crippen LogP) is 2.65. The van der Waals surface area contributed by atoms with Gasteiger partial charge in [0.05, 0.1) is 32.3 Å². The number of rotatable bonds is 2. The normalized spacial score (nSPS) is 13.0. The third-order valence-electron chi connectivity index (χ3n) is 2.60. The largest absolute Gasteiger partial charge is 0.741 e. The highest BCUT2D eigenvalue weighted by molar-refractivity contribution is 7.86. The molecule has 13 heteroatoms. The molecule has 0 fully saturated rings. The van der Waals surface area contributed by atoms with Crippen LogP contribution < -0.4 is 4.48 Å². The molecule has 0 aliphatic carbocycles. The third-order valence-corrected chi connectivity index (χ3v) is 3.16. The lowest BCUT2D eigenvalue weighted by molar-refractivity contribution is -0.138. The Bertz CT molecular complexity index is 734. The smallest absolute Gasteiger partial charge is 0.485 e. The van der Waals surface area contributed by atoms with Crippen LogP contribution in [-0.4, -0.2) is 50.7 Å². The van der Waals surface area contributed by atoms with Gasteiger partial charge < -0.3 is 9.66 Å². The summed E-state index contributed by atoms with van der Waals surface area (Å²) in [5.41, 5.74) is -6.99. The maximum absolute atomic E-state index is 12.6.